The van der Waals surface area contributed by atoms with Gasteiger partial charge in [0.15, 0.2) is 11.8 Å². The normalized spacial score (nSPS) is 15.4. The summed E-state index contributed by atoms with van der Waals surface area (Å²) in [5.41, 5.74) is 2.87. The number of carbonyl (C=O) groups is 2. The van der Waals surface area contributed by atoms with Crippen molar-refractivity contribution in [3.05, 3.63) is 117 Å². The molecule has 0 spiro atoms. The molecule has 1 aliphatic rings. The number of rotatable bonds is 10. The maximum atomic E-state index is 13.6. The van der Waals surface area contributed by atoms with Crippen LogP contribution in [-0.2, 0) is 26.2 Å². The highest BCUT2D eigenvalue weighted by Gasteiger charge is 2.34. The summed E-state index contributed by atoms with van der Waals surface area (Å²) in [6.07, 6.45) is 4.84. The molecule has 0 aliphatic carbocycles. The largest absolute Gasteiger partial charge is 0.483 e. The number of anilines is 1. The SMILES string of the molecule is Cc1ccccc1/C=N/N=C1\S/C(=C\c2cc(Br)ccc2OCC(=O)Nc2ccc(S(N)(=O)=O)cc2)C(=O)N1Cc1ccco1. The van der Waals surface area contributed by atoms with Crippen LogP contribution < -0.4 is 15.2 Å². The van der Waals surface area contributed by atoms with Crippen molar-refractivity contribution in [2.45, 2.75) is 18.4 Å². The number of amidine groups is 1. The molecule has 4 aromatic rings. The Balaban J connectivity index is 1.34. The van der Waals surface area contributed by atoms with Gasteiger partial charge in [0, 0.05) is 15.7 Å². The minimum absolute atomic E-state index is 0.0716. The molecule has 1 aliphatic heterocycles. The molecule has 0 radical (unpaired) electrons. The Hall–Kier alpha value is -4.50. The van der Waals surface area contributed by atoms with Crippen molar-refractivity contribution in [2.24, 2.45) is 15.3 Å². The van der Waals surface area contributed by atoms with Gasteiger partial charge in [-0.3, -0.25) is 14.5 Å². The van der Waals surface area contributed by atoms with E-state index in [4.69, 9.17) is 14.3 Å². The van der Waals surface area contributed by atoms with Crippen LogP contribution in [0.5, 0.6) is 5.75 Å². The monoisotopic (exact) mass is 707 g/mol. The van der Waals surface area contributed by atoms with Crippen molar-refractivity contribution in [2.75, 3.05) is 11.9 Å². The second kappa shape index (κ2) is 14.1. The lowest BCUT2D eigenvalue weighted by atomic mass is 10.1. The van der Waals surface area contributed by atoms with E-state index in [1.165, 1.54) is 35.4 Å². The van der Waals surface area contributed by atoms with Crippen molar-refractivity contribution < 1.29 is 27.2 Å². The Labute approximate surface area is 272 Å². The van der Waals surface area contributed by atoms with Gasteiger partial charge in [-0.2, -0.15) is 5.10 Å². The number of halogens is 1. The summed E-state index contributed by atoms with van der Waals surface area (Å²) in [7, 11) is -3.85. The number of benzene rings is 3. The van der Waals surface area contributed by atoms with E-state index >= 15 is 0 Å². The van der Waals surface area contributed by atoms with Gasteiger partial charge in [-0.25, -0.2) is 13.6 Å². The number of primary sulfonamides is 1. The smallest absolute Gasteiger partial charge is 0.267 e. The average Bonchev–Trinajstić information content (AvgIpc) is 3.62. The van der Waals surface area contributed by atoms with Crippen LogP contribution in [0, 0.1) is 6.92 Å². The summed E-state index contributed by atoms with van der Waals surface area (Å²) < 4.78 is 35.0. The molecule has 5 rings (SSSR count). The number of hydrogen-bond acceptors (Lipinski definition) is 9. The molecule has 230 valence electrons. The highest BCUT2D eigenvalue weighted by molar-refractivity contribution is 9.10. The molecule has 11 nitrogen and oxygen atoms in total. The summed E-state index contributed by atoms with van der Waals surface area (Å²) in [6.45, 7) is 1.79. The highest BCUT2D eigenvalue weighted by atomic mass is 79.9. The molecule has 1 saturated heterocycles. The number of hydrogen-bond donors (Lipinski definition) is 2. The topological polar surface area (TPSA) is 157 Å². The molecule has 14 heteroatoms. The number of sulfonamides is 1. The third kappa shape index (κ3) is 8.36. The zero-order valence-electron chi connectivity index (χ0n) is 23.7. The van der Waals surface area contributed by atoms with Gasteiger partial charge >= 0.3 is 0 Å². The predicted molar refractivity (Wildman–Crippen MR) is 177 cm³/mol. The number of aryl methyl sites for hydroxylation is 1. The molecule has 0 saturated carbocycles. The molecule has 1 fully saturated rings. The average molecular weight is 709 g/mol. The van der Waals surface area contributed by atoms with Gasteiger partial charge < -0.3 is 14.5 Å². The summed E-state index contributed by atoms with van der Waals surface area (Å²) in [5, 5.41) is 16.7. The minimum atomic E-state index is -3.85. The number of amides is 2. The van der Waals surface area contributed by atoms with Crippen LogP contribution in [0.3, 0.4) is 0 Å². The van der Waals surface area contributed by atoms with Gasteiger partial charge in [-0.05, 0) is 90.5 Å². The third-order valence-electron chi connectivity index (χ3n) is 6.39. The summed E-state index contributed by atoms with van der Waals surface area (Å²) >= 11 is 4.61. The van der Waals surface area contributed by atoms with Gasteiger partial charge in [0.1, 0.15) is 11.5 Å². The van der Waals surface area contributed by atoms with E-state index in [1.807, 2.05) is 31.2 Å². The Morgan fingerprint density at radius 1 is 1.09 bits per heavy atom. The van der Waals surface area contributed by atoms with Crippen molar-refractivity contribution >= 4 is 72.7 Å². The molecule has 2 amide bonds. The van der Waals surface area contributed by atoms with Gasteiger partial charge in [0.25, 0.3) is 11.8 Å². The van der Waals surface area contributed by atoms with Crippen LogP contribution in [0.4, 0.5) is 5.69 Å². The fraction of sp³-hybridized carbons (Fsp3) is 0.0968. The molecule has 3 aromatic carbocycles. The Morgan fingerprint density at radius 2 is 1.87 bits per heavy atom. The van der Waals surface area contributed by atoms with Crippen molar-refractivity contribution in [3.8, 4) is 5.75 Å². The lowest BCUT2D eigenvalue weighted by Gasteiger charge is -2.13. The summed E-state index contributed by atoms with van der Waals surface area (Å²) in [4.78, 5) is 28.0. The van der Waals surface area contributed by atoms with Crippen LogP contribution in [-0.4, -0.2) is 43.1 Å². The first-order chi connectivity index (χ1) is 21.6. The Bertz CT molecular complexity index is 1920. The van der Waals surface area contributed by atoms with E-state index in [-0.39, 0.29) is 24.0 Å². The van der Waals surface area contributed by atoms with Crippen LogP contribution in [0.1, 0.15) is 22.5 Å². The van der Waals surface area contributed by atoms with Crippen LogP contribution in [0.25, 0.3) is 6.08 Å². The van der Waals surface area contributed by atoms with Gasteiger partial charge in [-0.1, -0.05) is 40.2 Å². The standard InChI is InChI=1S/C31H26BrN5O6S2/c1-20-5-2-3-6-21(20)17-34-36-31-37(18-25-7-4-14-42-25)30(39)28(44-31)16-22-15-23(32)8-13-27(22)43-19-29(38)35-24-9-11-26(12-10-24)45(33,40)41/h2-17H,18-19H2,1H3,(H,35,38)(H2,33,40,41)/b28-16-,34-17+,36-31-. The fourth-order valence-electron chi connectivity index (χ4n) is 4.13. The van der Waals surface area contributed by atoms with Gasteiger partial charge in [0.2, 0.25) is 10.0 Å². The number of ether oxygens (including phenoxy) is 1. The quantitative estimate of drug-likeness (QED) is 0.125. The molecular formula is C31H26BrN5O6S2. The molecule has 3 N–H and O–H groups in total. The lowest BCUT2D eigenvalue weighted by molar-refractivity contribution is -0.122. The second-order valence-corrected chi connectivity index (χ2v) is 13.1. The zero-order chi connectivity index (χ0) is 32.0. The molecule has 0 unspecified atom stereocenters. The van der Waals surface area contributed by atoms with E-state index in [2.05, 4.69) is 31.4 Å². The molecular weight excluding hydrogens is 682 g/mol. The maximum absolute atomic E-state index is 13.6. The van der Waals surface area contributed by atoms with Crippen molar-refractivity contribution in [1.29, 1.82) is 0 Å². The fourth-order valence-corrected chi connectivity index (χ4v) is 5.95. The maximum Gasteiger partial charge on any atom is 0.267 e. The number of nitrogens with one attached hydrogen (secondary N) is 1. The Morgan fingerprint density at radius 3 is 2.58 bits per heavy atom. The van der Waals surface area contributed by atoms with E-state index < -0.39 is 15.9 Å². The predicted octanol–water partition coefficient (Wildman–Crippen LogP) is 5.52. The van der Waals surface area contributed by atoms with Crippen LogP contribution in [0.2, 0.25) is 0 Å². The number of nitrogens with zero attached hydrogens (tertiary/aromatic N) is 3. The van der Waals surface area contributed by atoms with Gasteiger partial charge in [-0.15, -0.1) is 5.10 Å². The first-order valence-electron chi connectivity index (χ1n) is 13.3. The van der Waals surface area contributed by atoms with Crippen LogP contribution >= 0.6 is 27.7 Å². The van der Waals surface area contributed by atoms with E-state index in [0.29, 0.717) is 32.8 Å². The van der Waals surface area contributed by atoms with Gasteiger partial charge in [0.05, 0.1) is 28.8 Å². The molecule has 0 atom stereocenters. The van der Waals surface area contributed by atoms with E-state index in [9.17, 15) is 18.0 Å². The molecule has 45 heavy (non-hydrogen) atoms. The number of nitrogens with two attached hydrogens (primary N) is 1. The Kier molecular flexibility index (Phi) is 9.98. The second-order valence-electron chi connectivity index (χ2n) is 9.65. The number of carbonyl (C=O) groups excluding carboxylic acids is 2. The van der Waals surface area contributed by atoms with E-state index in [0.717, 1.165) is 27.4 Å². The number of thioether (sulfide) groups is 1. The summed E-state index contributed by atoms with van der Waals surface area (Å²) in [6, 6.07) is 21.9. The van der Waals surface area contributed by atoms with Crippen molar-refractivity contribution in [3.63, 3.8) is 0 Å². The summed E-state index contributed by atoms with van der Waals surface area (Å²) in [5.74, 6) is 0.168. The van der Waals surface area contributed by atoms with Crippen molar-refractivity contribution in [1.82, 2.24) is 4.90 Å². The first-order valence-corrected chi connectivity index (χ1v) is 16.5. The number of furan rings is 1. The highest BCUT2D eigenvalue weighted by Crippen LogP contribution is 2.36. The van der Waals surface area contributed by atoms with Crippen LogP contribution in [0.15, 0.2) is 114 Å². The lowest BCUT2D eigenvalue weighted by Crippen LogP contribution is -2.28. The zero-order valence-corrected chi connectivity index (χ0v) is 26.9. The molecule has 0 bridgehead atoms. The third-order valence-corrected chi connectivity index (χ3v) is 8.81. The first kappa shape index (κ1) is 31.9. The minimum Gasteiger partial charge on any atom is -0.483 e. The van der Waals surface area contributed by atoms with E-state index in [1.54, 1.807) is 42.6 Å². The molecule has 2 heterocycles. The molecule has 1 aromatic heterocycles.